The molecular weight excluding hydrogens is 204 g/mol. The Kier molecular flexibility index (Phi) is 3.96. The molecule has 0 unspecified atom stereocenters. The van der Waals surface area contributed by atoms with Crippen molar-refractivity contribution in [2.75, 3.05) is 39.4 Å². The molecule has 0 atom stereocenters. The Morgan fingerprint density at radius 2 is 1.81 bits per heavy atom. The van der Waals surface area contributed by atoms with Gasteiger partial charge in [-0.05, 0) is 18.9 Å². The SMILES string of the molecule is C=CC(=O)N1CCC(N2CCOCC2)CC1. The van der Waals surface area contributed by atoms with E-state index in [9.17, 15) is 4.79 Å². The lowest BCUT2D eigenvalue weighted by Gasteiger charge is -2.39. The molecule has 0 aromatic carbocycles. The van der Waals surface area contributed by atoms with Crippen molar-refractivity contribution in [1.82, 2.24) is 9.80 Å². The van der Waals surface area contributed by atoms with Crippen LogP contribution in [0.25, 0.3) is 0 Å². The standard InChI is InChI=1S/C12H20N2O2/c1-2-12(15)14-5-3-11(4-6-14)13-7-9-16-10-8-13/h2,11H,1,3-10H2. The van der Waals surface area contributed by atoms with Crippen LogP contribution in [0.15, 0.2) is 12.7 Å². The first-order valence-electron chi connectivity index (χ1n) is 6.04. The van der Waals surface area contributed by atoms with E-state index in [-0.39, 0.29) is 5.91 Å². The van der Waals surface area contributed by atoms with Crippen molar-refractivity contribution in [3.8, 4) is 0 Å². The Hall–Kier alpha value is -0.870. The molecule has 2 fully saturated rings. The second-order valence-electron chi connectivity index (χ2n) is 4.41. The molecule has 4 heteroatoms. The topological polar surface area (TPSA) is 32.8 Å². The van der Waals surface area contributed by atoms with Gasteiger partial charge in [0.2, 0.25) is 5.91 Å². The van der Waals surface area contributed by atoms with Gasteiger partial charge < -0.3 is 9.64 Å². The van der Waals surface area contributed by atoms with Crippen LogP contribution in [0.4, 0.5) is 0 Å². The highest BCUT2D eigenvalue weighted by atomic mass is 16.5. The predicted octanol–water partition coefficient (Wildman–Crippen LogP) is 0.496. The largest absolute Gasteiger partial charge is 0.379 e. The summed E-state index contributed by atoms with van der Waals surface area (Å²) in [4.78, 5) is 15.8. The number of rotatable bonds is 2. The Bertz CT molecular complexity index is 254. The van der Waals surface area contributed by atoms with Crippen molar-refractivity contribution in [3.63, 3.8) is 0 Å². The number of piperidine rings is 1. The second kappa shape index (κ2) is 5.46. The molecule has 0 aromatic heterocycles. The van der Waals surface area contributed by atoms with Gasteiger partial charge >= 0.3 is 0 Å². The van der Waals surface area contributed by atoms with E-state index >= 15 is 0 Å². The third-order valence-corrected chi connectivity index (χ3v) is 3.51. The molecule has 2 heterocycles. The minimum absolute atomic E-state index is 0.0698. The van der Waals surface area contributed by atoms with Crippen LogP contribution in [0.1, 0.15) is 12.8 Å². The summed E-state index contributed by atoms with van der Waals surface area (Å²) in [6.07, 6.45) is 3.58. The van der Waals surface area contributed by atoms with Crippen LogP contribution in [0.2, 0.25) is 0 Å². The van der Waals surface area contributed by atoms with E-state index in [1.165, 1.54) is 6.08 Å². The van der Waals surface area contributed by atoms with Crippen LogP contribution in [0.3, 0.4) is 0 Å². The number of carbonyl (C=O) groups is 1. The van der Waals surface area contributed by atoms with E-state index in [0.717, 1.165) is 52.2 Å². The molecule has 0 aromatic rings. The zero-order valence-corrected chi connectivity index (χ0v) is 9.73. The highest BCUT2D eigenvalue weighted by molar-refractivity contribution is 5.87. The predicted molar refractivity (Wildman–Crippen MR) is 62.2 cm³/mol. The van der Waals surface area contributed by atoms with Gasteiger partial charge in [0.15, 0.2) is 0 Å². The molecule has 0 N–H and O–H groups in total. The molecule has 16 heavy (non-hydrogen) atoms. The van der Waals surface area contributed by atoms with Crippen LogP contribution in [0.5, 0.6) is 0 Å². The molecule has 2 rings (SSSR count). The molecule has 1 amide bonds. The fourth-order valence-corrected chi connectivity index (χ4v) is 2.52. The van der Waals surface area contributed by atoms with Gasteiger partial charge in [-0.25, -0.2) is 0 Å². The Morgan fingerprint density at radius 3 is 2.38 bits per heavy atom. The first-order valence-corrected chi connectivity index (χ1v) is 6.04. The van der Waals surface area contributed by atoms with E-state index in [1.807, 2.05) is 4.90 Å². The molecule has 2 aliphatic heterocycles. The number of ether oxygens (including phenoxy) is 1. The Morgan fingerprint density at radius 1 is 1.19 bits per heavy atom. The smallest absolute Gasteiger partial charge is 0.245 e. The zero-order chi connectivity index (χ0) is 11.4. The Balaban J connectivity index is 1.80. The quantitative estimate of drug-likeness (QED) is 0.640. The summed E-state index contributed by atoms with van der Waals surface area (Å²) in [5.74, 6) is 0.0698. The number of carbonyl (C=O) groups excluding carboxylic acids is 1. The van der Waals surface area contributed by atoms with E-state index in [2.05, 4.69) is 11.5 Å². The van der Waals surface area contributed by atoms with Gasteiger partial charge in [0.25, 0.3) is 0 Å². The van der Waals surface area contributed by atoms with Crippen LogP contribution < -0.4 is 0 Å². The third-order valence-electron chi connectivity index (χ3n) is 3.51. The lowest BCUT2D eigenvalue weighted by atomic mass is 10.0. The number of hydrogen-bond donors (Lipinski definition) is 0. The van der Waals surface area contributed by atoms with Crippen LogP contribution in [-0.4, -0.2) is 61.1 Å². The molecule has 0 aliphatic carbocycles. The minimum Gasteiger partial charge on any atom is -0.379 e. The summed E-state index contributed by atoms with van der Waals surface area (Å²) < 4.78 is 5.35. The Labute approximate surface area is 96.8 Å². The van der Waals surface area contributed by atoms with E-state index in [1.54, 1.807) is 0 Å². The van der Waals surface area contributed by atoms with Gasteiger partial charge in [-0.15, -0.1) is 0 Å². The minimum atomic E-state index is 0.0698. The van der Waals surface area contributed by atoms with E-state index in [4.69, 9.17) is 4.74 Å². The zero-order valence-electron chi connectivity index (χ0n) is 9.73. The van der Waals surface area contributed by atoms with Crippen molar-refractivity contribution in [2.45, 2.75) is 18.9 Å². The molecule has 0 spiro atoms. The van der Waals surface area contributed by atoms with Gasteiger partial charge in [-0.1, -0.05) is 6.58 Å². The summed E-state index contributed by atoms with van der Waals surface area (Å²) in [7, 11) is 0. The summed E-state index contributed by atoms with van der Waals surface area (Å²) in [5, 5.41) is 0. The summed E-state index contributed by atoms with van der Waals surface area (Å²) in [5.41, 5.74) is 0. The van der Waals surface area contributed by atoms with Crippen LogP contribution >= 0.6 is 0 Å². The number of amides is 1. The number of likely N-dealkylation sites (tertiary alicyclic amines) is 1. The first-order chi connectivity index (χ1) is 7.81. The lowest BCUT2D eigenvalue weighted by Crippen LogP contribution is -2.49. The average molecular weight is 224 g/mol. The molecule has 90 valence electrons. The number of nitrogens with zero attached hydrogens (tertiary/aromatic N) is 2. The molecular formula is C12H20N2O2. The van der Waals surface area contributed by atoms with E-state index < -0.39 is 0 Å². The van der Waals surface area contributed by atoms with Crippen LogP contribution in [0, 0.1) is 0 Å². The van der Waals surface area contributed by atoms with Crippen molar-refractivity contribution in [1.29, 1.82) is 0 Å². The van der Waals surface area contributed by atoms with Crippen molar-refractivity contribution in [3.05, 3.63) is 12.7 Å². The van der Waals surface area contributed by atoms with Gasteiger partial charge in [0, 0.05) is 32.2 Å². The molecule has 0 bridgehead atoms. The van der Waals surface area contributed by atoms with Crippen molar-refractivity contribution < 1.29 is 9.53 Å². The third kappa shape index (κ3) is 2.62. The second-order valence-corrected chi connectivity index (χ2v) is 4.41. The van der Waals surface area contributed by atoms with Gasteiger partial charge in [-0.3, -0.25) is 9.69 Å². The summed E-state index contributed by atoms with van der Waals surface area (Å²) in [6, 6.07) is 0.637. The number of hydrogen-bond acceptors (Lipinski definition) is 3. The maximum absolute atomic E-state index is 11.4. The van der Waals surface area contributed by atoms with Crippen molar-refractivity contribution >= 4 is 5.91 Å². The summed E-state index contributed by atoms with van der Waals surface area (Å²) in [6.45, 7) is 9.05. The van der Waals surface area contributed by atoms with Gasteiger partial charge in [0.1, 0.15) is 0 Å². The first kappa shape index (κ1) is 11.6. The molecule has 4 nitrogen and oxygen atoms in total. The van der Waals surface area contributed by atoms with E-state index in [0.29, 0.717) is 6.04 Å². The highest BCUT2D eigenvalue weighted by Crippen LogP contribution is 2.17. The maximum Gasteiger partial charge on any atom is 0.245 e. The fourth-order valence-electron chi connectivity index (χ4n) is 2.52. The van der Waals surface area contributed by atoms with Crippen LogP contribution in [-0.2, 0) is 9.53 Å². The fraction of sp³-hybridized carbons (Fsp3) is 0.750. The van der Waals surface area contributed by atoms with Gasteiger partial charge in [0.05, 0.1) is 13.2 Å². The number of morpholine rings is 1. The highest BCUT2D eigenvalue weighted by Gasteiger charge is 2.26. The molecule has 2 saturated heterocycles. The normalized spacial score (nSPS) is 24.4. The lowest BCUT2D eigenvalue weighted by molar-refractivity contribution is -0.127. The maximum atomic E-state index is 11.4. The molecule has 2 aliphatic rings. The average Bonchev–Trinajstić information content (AvgIpc) is 2.39. The molecule has 0 radical (unpaired) electrons. The monoisotopic (exact) mass is 224 g/mol. The molecule has 0 saturated carbocycles. The van der Waals surface area contributed by atoms with Gasteiger partial charge in [-0.2, -0.15) is 0 Å². The van der Waals surface area contributed by atoms with Crippen molar-refractivity contribution in [2.24, 2.45) is 0 Å². The summed E-state index contributed by atoms with van der Waals surface area (Å²) >= 11 is 0.